The molecule has 0 aliphatic rings. The van der Waals surface area contributed by atoms with E-state index < -0.39 is 64.4 Å². The first-order valence-corrected chi connectivity index (χ1v) is 28.0. The largest absolute Gasteiger partial charge is 0.472 e. The summed E-state index contributed by atoms with van der Waals surface area (Å²) in [7, 11) is -4.76. The van der Waals surface area contributed by atoms with Crippen molar-refractivity contribution in [3.63, 3.8) is 0 Å². The maximum atomic E-state index is 12.8. The van der Waals surface area contributed by atoms with E-state index in [1.165, 1.54) is 70.6 Å². The van der Waals surface area contributed by atoms with E-state index in [-0.39, 0.29) is 19.3 Å². The van der Waals surface area contributed by atoms with Crippen LogP contribution in [0.1, 0.15) is 213 Å². The normalized spacial score (nSPS) is 14.1. The molecule has 0 radical (unpaired) electrons. The highest BCUT2D eigenvalue weighted by Crippen LogP contribution is 2.43. The van der Waals surface area contributed by atoms with Gasteiger partial charge in [0.1, 0.15) is 12.7 Å². The van der Waals surface area contributed by atoms with Crippen molar-refractivity contribution in [2.45, 2.75) is 226 Å². The molecule has 0 rings (SSSR count). The lowest BCUT2D eigenvalue weighted by Gasteiger charge is -2.21. The summed E-state index contributed by atoms with van der Waals surface area (Å²) in [6.07, 6.45) is 55.9. The van der Waals surface area contributed by atoms with Crippen LogP contribution in [0, 0.1) is 0 Å². The van der Waals surface area contributed by atoms with Crippen LogP contribution >= 0.6 is 7.82 Å². The van der Waals surface area contributed by atoms with Gasteiger partial charge in [-0.05, 0) is 77.0 Å². The first-order chi connectivity index (χ1) is 33.2. The molecule has 0 aliphatic carbocycles. The summed E-state index contributed by atoms with van der Waals surface area (Å²) < 4.78 is 39.2. The van der Waals surface area contributed by atoms with E-state index in [2.05, 4.69) is 87.6 Å². The van der Waals surface area contributed by atoms with Gasteiger partial charge in [0.25, 0.3) is 0 Å². The van der Waals surface area contributed by atoms with Crippen molar-refractivity contribution < 1.29 is 52.2 Å². The zero-order valence-corrected chi connectivity index (χ0v) is 43.7. The fourth-order valence-electron chi connectivity index (χ4n) is 6.81. The molecule has 0 spiro atoms. The highest BCUT2D eigenvalue weighted by molar-refractivity contribution is 7.47. The first-order valence-electron chi connectivity index (χ1n) is 26.5. The van der Waals surface area contributed by atoms with E-state index in [1.807, 2.05) is 12.2 Å². The fraction of sp³-hybridized carbons (Fsp3) is 0.696. The molecular formula is C56H95O11P. The van der Waals surface area contributed by atoms with Gasteiger partial charge in [0.2, 0.25) is 0 Å². The molecule has 3 atom stereocenters. The number of allylic oxidation sites excluding steroid dienone is 13. The zero-order chi connectivity index (χ0) is 49.9. The van der Waals surface area contributed by atoms with Crippen molar-refractivity contribution in [2.75, 3.05) is 26.4 Å². The maximum absolute atomic E-state index is 12.8. The molecule has 0 bridgehead atoms. The number of phosphoric acid groups is 1. The minimum Gasteiger partial charge on any atom is -0.461 e. The molecule has 2 N–H and O–H groups in total. The van der Waals surface area contributed by atoms with Gasteiger partial charge in [0.15, 0.2) is 6.10 Å². The smallest absolute Gasteiger partial charge is 0.461 e. The molecule has 0 aromatic carbocycles. The third-order valence-corrected chi connectivity index (χ3v) is 11.8. The summed E-state index contributed by atoms with van der Waals surface area (Å²) >= 11 is 0. The highest BCUT2D eigenvalue weighted by Gasteiger charge is 2.28. The molecule has 11 nitrogen and oxygen atoms in total. The number of carbonyl (C=O) groups is 3. The molecule has 0 saturated heterocycles. The summed E-state index contributed by atoms with van der Waals surface area (Å²) in [5.41, 5.74) is 0. The minimum atomic E-state index is -4.76. The van der Waals surface area contributed by atoms with Crippen molar-refractivity contribution in [3.8, 4) is 0 Å². The van der Waals surface area contributed by atoms with Crippen molar-refractivity contribution in [3.05, 3.63) is 85.1 Å². The Morgan fingerprint density at radius 2 is 0.809 bits per heavy atom. The summed E-state index contributed by atoms with van der Waals surface area (Å²) in [5, 5.41) is 9.75. The van der Waals surface area contributed by atoms with Gasteiger partial charge in [0, 0.05) is 12.8 Å². The second-order valence-electron chi connectivity index (χ2n) is 17.3. The molecule has 0 saturated carbocycles. The van der Waals surface area contributed by atoms with Gasteiger partial charge in [-0.3, -0.25) is 23.4 Å². The number of esters is 3. The van der Waals surface area contributed by atoms with Gasteiger partial charge < -0.3 is 24.2 Å². The molecule has 0 aromatic heterocycles. The van der Waals surface area contributed by atoms with Crippen LogP contribution in [-0.4, -0.2) is 66.5 Å². The molecule has 3 unspecified atom stereocenters. The SMILES string of the molecule is CC/C=C\C/C=C\C/C=C\C/C=C\C/C=C\CC(=O)OCC(COP(=O)(O)OCC(CO)OC(=O)CCCCCCCCCCC)OC(=O)CCCCCCCCC/C=C\C/C=C\CCCCC. The van der Waals surface area contributed by atoms with Crippen LogP contribution in [0.5, 0.6) is 0 Å². The lowest BCUT2D eigenvalue weighted by Crippen LogP contribution is -2.30. The first kappa shape index (κ1) is 64.7. The van der Waals surface area contributed by atoms with E-state index in [0.717, 1.165) is 83.5 Å². The number of rotatable bonds is 48. The maximum Gasteiger partial charge on any atom is 0.472 e. The monoisotopic (exact) mass is 975 g/mol. The van der Waals surface area contributed by atoms with E-state index in [1.54, 1.807) is 6.08 Å². The second-order valence-corrected chi connectivity index (χ2v) is 18.8. The molecular weight excluding hydrogens is 880 g/mol. The van der Waals surface area contributed by atoms with Crippen molar-refractivity contribution in [2.24, 2.45) is 0 Å². The molecule has 390 valence electrons. The topological polar surface area (TPSA) is 155 Å². The van der Waals surface area contributed by atoms with E-state index in [0.29, 0.717) is 19.3 Å². The Kier molecular flexibility index (Phi) is 47.6. The Hall–Kier alpha value is -3.34. The fourth-order valence-corrected chi connectivity index (χ4v) is 7.59. The number of aliphatic hydroxyl groups excluding tert-OH is 1. The van der Waals surface area contributed by atoms with Crippen LogP contribution in [0.2, 0.25) is 0 Å². The van der Waals surface area contributed by atoms with Gasteiger partial charge in [-0.2, -0.15) is 0 Å². The van der Waals surface area contributed by atoms with Crippen LogP contribution in [0.15, 0.2) is 85.1 Å². The summed E-state index contributed by atoms with van der Waals surface area (Å²) in [6, 6.07) is 0. The number of phosphoric ester groups is 1. The average molecular weight is 975 g/mol. The van der Waals surface area contributed by atoms with Gasteiger partial charge >= 0.3 is 25.7 Å². The summed E-state index contributed by atoms with van der Waals surface area (Å²) in [4.78, 5) is 48.2. The molecule has 0 aliphatic heterocycles. The molecule has 0 fully saturated rings. The second kappa shape index (κ2) is 50.1. The van der Waals surface area contributed by atoms with Gasteiger partial charge in [-0.15, -0.1) is 0 Å². The van der Waals surface area contributed by atoms with Gasteiger partial charge in [-0.1, -0.05) is 202 Å². The lowest BCUT2D eigenvalue weighted by molar-refractivity contribution is -0.161. The predicted molar refractivity (Wildman–Crippen MR) is 279 cm³/mol. The van der Waals surface area contributed by atoms with Gasteiger partial charge in [0.05, 0.1) is 26.2 Å². The highest BCUT2D eigenvalue weighted by atomic mass is 31.2. The van der Waals surface area contributed by atoms with Crippen molar-refractivity contribution >= 4 is 25.7 Å². The Morgan fingerprint density at radius 3 is 1.28 bits per heavy atom. The number of hydrogen-bond acceptors (Lipinski definition) is 10. The van der Waals surface area contributed by atoms with Crippen molar-refractivity contribution in [1.29, 1.82) is 0 Å². The summed E-state index contributed by atoms with van der Waals surface area (Å²) in [5.74, 6) is -1.63. The lowest BCUT2D eigenvalue weighted by atomic mass is 10.1. The Bertz CT molecular complexity index is 1460. The third kappa shape index (κ3) is 47.7. The number of unbranched alkanes of at least 4 members (excludes halogenated alkanes) is 18. The van der Waals surface area contributed by atoms with E-state index in [4.69, 9.17) is 23.3 Å². The van der Waals surface area contributed by atoms with Crippen LogP contribution < -0.4 is 0 Å². The van der Waals surface area contributed by atoms with Crippen molar-refractivity contribution in [1.82, 2.24) is 0 Å². The molecule has 0 heterocycles. The molecule has 0 aromatic rings. The summed E-state index contributed by atoms with van der Waals surface area (Å²) in [6.45, 7) is 4.34. The zero-order valence-electron chi connectivity index (χ0n) is 42.8. The number of ether oxygens (including phenoxy) is 3. The van der Waals surface area contributed by atoms with Crippen LogP contribution in [0.4, 0.5) is 0 Å². The third-order valence-electron chi connectivity index (χ3n) is 10.8. The minimum absolute atomic E-state index is 0.00933. The van der Waals surface area contributed by atoms with Gasteiger partial charge in [-0.25, -0.2) is 4.57 Å². The van der Waals surface area contributed by atoms with E-state index in [9.17, 15) is 28.9 Å². The Morgan fingerprint density at radius 1 is 0.441 bits per heavy atom. The molecule has 68 heavy (non-hydrogen) atoms. The van der Waals surface area contributed by atoms with E-state index >= 15 is 0 Å². The van der Waals surface area contributed by atoms with Crippen LogP contribution in [-0.2, 0) is 42.2 Å². The molecule has 12 heteroatoms. The standard InChI is InChI=1S/C56H95O11P/c1-4-7-10-13-16-19-21-23-25-26-28-30-32-35-38-41-44-47-56(60)67-53(49-63-54(58)45-42-39-36-34-31-29-27-24-22-20-17-14-11-8-5-2)51-65-68(61,62)64-50-52(48-57)66-55(59)46-43-40-37-33-18-15-12-9-6-3/h8,11,16-17,19-20,23-25,27,31,34,39,42,52-53,57H,4-7,9-10,12-15,18,21-22,26,28-30,32-33,35-38,40-41,43-51H2,1-3H3,(H,61,62)/b11-8-,19-16-,20-17-,25-23-,27-24-,34-31-,42-39-. The number of aliphatic hydroxyl groups is 1. The average Bonchev–Trinajstić information content (AvgIpc) is 3.32. The Balaban J connectivity index is 4.87. The Labute approximate surface area is 413 Å². The number of hydrogen-bond donors (Lipinski definition) is 2. The molecule has 0 amide bonds. The number of carbonyl (C=O) groups excluding carboxylic acids is 3. The quantitative estimate of drug-likeness (QED) is 0.0197. The van der Waals surface area contributed by atoms with Crippen LogP contribution in [0.3, 0.4) is 0 Å². The predicted octanol–water partition coefficient (Wildman–Crippen LogP) is 15.1. The van der Waals surface area contributed by atoms with Crippen LogP contribution in [0.25, 0.3) is 0 Å².